The molecule has 0 amide bonds. The molecule has 20 heavy (non-hydrogen) atoms. The van der Waals surface area contributed by atoms with Crippen molar-refractivity contribution in [3.8, 4) is 5.75 Å². The maximum atomic E-state index is 11.9. The van der Waals surface area contributed by atoms with Crippen LogP contribution in [-0.4, -0.2) is 13.4 Å². The van der Waals surface area contributed by atoms with Gasteiger partial charge in [-0.1, -0.05) is 18.2 Å². The van der Waals surface area contributed by atoms with Gasteiger partial charge in [0.25, 0.3) is 0 Å². The summed E-state index contributed by atoms with van der Waals surface area (Å²) in [4.78, 5) is 3.03. The second-order valence-corrected chi connectivity index (χ2v) is 5.51. The lowest BCUT2D eigenvalue weighted by atomic mass is 10.2. The van der Waals surface area contributed by atoms with Crippen molar-refractivity contribution in [2.45, 2.75) is 0 Å². The van der Waals surface area contributed by atoms with Gasteiger partial charge in [-0.25, -0.2) is 0 Å². The van der Waals surface area contributed by atoms with E-state index in [1.54, 1.807) is 54.7 Å². The molecular formula is C14H12N2O3S. The molecule has 102 valence electrons. The van der Waals surface area contributed by atoms with Gasteiger partial charge in [0.05, 0.1) is 5.69 Å². The Morgan fingerprint density at radius 2 is 1.80 bits per heavy atom. The maximum absolute atomic E-state index is 11.9. The summed E-state index contributed by atoms with van der Waals surface area (Å²) >= 11 is 0. The Bertz CT molecular complexity index is 826. The molecular weight excluding hydrogens is 276 g/mol. The molecule has 0 saturated carbocycles. The van der Waals surface area contributed by atoms with E-state index >= 15 is 0 Å². The minimum atomic E-state index is -3.90. The van der Waals surface area contributed by atoms with Crippen LogP contribution >= 0.6 is 0 Å². The molecule has 0 saturated heterocycles. The minimum absolute atomic E-state index is 0.264. The lowest BCUT2D eigenvalue weighted by Gasteiger charge is -2.09. The van der Waals surface area contributed by atoms with Crippen molar-refractivity contribution < 1.29 is 12.6 Å². The normalized spacial score (nSPS) is 11.4. The number of benzene rings is 2. The number of fused-ring (bicyclic) bond motifs is 1. The third-order valence-corrected chi connectivity index (χ3v) is 3.64. The number of hydrogen-bond acceptors (Lipinski definition) is 3. The van der Waals surface area contributed by atoms with Crippen LogP contribution in [0.1, 0.15) is 0 Å². The van der Waals surface area contributed by atoms with Crippen LogP contribution in [0.25, 0.3) is 10.9 Å². The molecule has 3 rings (SSSR count). The third kappa shape index (κ3) is 2.75. The van der Waals surface area contributed by atoms with Crippen molar-refractivity contribution in [2.75, 3.05) is 4.72 Å². The van der Waals surface area contributed by atoms with Crippen LogP contribution in [0.4, 0.5) is 5.69 Å². The average Bonchev–Trinajstić information content (AvgIpc) is 2.86. The Morgan fingerprint density at radius 1 is 1.00 bits per heavy atom. The number of aromatic nitrogens is 1. The monoisotopic (exact) mass is 288 g/mol. The first-order valence-electron chi connectivity index (χ1n) is 5.97. The Kier molecular flexibility index (Phi) is 3.08. The highest BCUT2D eigenvalue weighted by Gasteiger charge is 2.12. The predicted molar refractivity (Wildman–Crippen MR) is 77.9 cm³/mol. The number of nitrogens with one attached hydrogen (secondary N) is 2. The first-order chi connectivity index (χ1) is 9.62. The first kappa shape index (κ1) is 12.6. The lowest BCUT2D eigenvalue weighted by Crippen LogP contribution is -2.19. The summed E-state index contributed by atoms with van der Waals surface area (Å²) in [6, 6.07) is 15.5. The van der Waals surface area contributed by atoms with Gasteiger partial charge in [-0.05, 0) is 36.4 Å². The Labute approximate surface area is 116 Å². The Morgan fingerprint density at radius 3 is 2.60 bits per heavy atom. The quantitative estimate of drug-likeness (QED) is 0.775. The summed E-state index contributed by atoms with van der Waals surface area (Å²) in [5.74, 6) is 0.264. The number of rotatable bonds is 4. The average molecular weight is 288 g/mol. The van der Waals surface area contributed by atoms with Crippen molar-refractivity contribution in [3.63, 3.8) is 0 Å². The van der Waals surface area contributed by atoms with Crippen molar-refractivity contribution in [1.29, 1.82) is 0 Å². The van der Waals surface area contributed by atoms with Gasteiger partial charge in [-0.15, -0.1) is 0 Å². The molecule has 0 aliphatic rings. The number of H-pyrrole nitrogens is 1. The fourth-order valence-electron chi connectivity index (χ4n) is 1.88. The van der Waals surface area contributed by atoms with E-state index in [1.807, 2.05) is 6.07 Å². The predicted octanol–water partition coefficient (Wildman–Crippen LogP) is 2.90. The van der Waals surface area contributed by atoms with Gasteiger partial charge in [0, 0.05) is 17.1 Å². The molecule has 2 aromatic carbocycles. The zero-order valence-electron chi connectivity index (χ0n) is 10.4. The summed E-state index contributed by atoms with van der Waals surface area (Å²) < 4.78 is 31.2. The molecule has 0 aliphatic heterocycles. The highest BCUT2D eigenvalue weighted by atomic mass is 32.2. The zero-order chi connectivity index (χ0) is 14.0. The Balaban J connectivity index is 1.82. The molecule has 2 N–H and O–H groups in total. The molecule has 0 fully saturated rings. The number of anilines is 1. The molecule has 6 heteroatoms. The van der Waals surface area contributed by atoms with E-state index in [-0.39, 0.29) is 5.75 Å². The topological polar surface area (TPSA) is 71.2 Å². The molecule has 0 spiro atoms. The molecule has 0 aliphatic carbocycles. The molecule has 0 unspecified atom stereocenters. The van der Waals surface area contributed by atoms with E-state index in [9.17, 15) is 8.42 Å². The minimum Gasteiger partial charge on any atom is -0.367 e. The second kappa shape index (κ2) is 4.90. The summed E-state index contributed by atoms with van der Waals surface area (Å²) in [5, 5.41) is 0.886. The summed E-state index contributed by atoms with van der Waals surface area (Å²) in [6.07, 6.45) is 1.78. The van der Waals surface area contributed by atoms with Crippen molar-refractivity contribution in [1.82, 2.24) is 4.98 Å². The highest BCUT2D eigenvalue weighted by molar-refractivity contribution is 7.88. The van der Waals surface area contributed by atoms with Gasteiger partial charge in [0.2, 0.25) is 0 Å². The summed E-state index contributed by atoms with van der Waals surface area (Å²) in [7, 11) is -3.90. The van der Waals surface area contributed by atoms with Gasteiger partial charge < -0.3 is 9.17 Å². The van der Waals surface area contributed by atoms with E-state index in [0.717, 1.165) is 10.9 Å². The lowest BCUT2D eigenvalue weighted by molar-refractivity contribution is 0.492. The highest BCUT2D eigenvalue weighted by Crippen LogP contribution is 2.21. The van der Waals surface area contributed by atoms with E-state index in [1.165, 1.54) is 0 Å². The van der Waals surface area contributed by atoms with Crippen LogP contribution in [0.2, 0.25) is 0 Å². The molecule has 3 aromatic rings. The summed E-state index contributed by atoms with van der Waals surface area (Å²) in [5.41, 5.74) is 1.38. The van der Waals surface area contributed by atoms with E-state index in [2.05, 4.69) is 9.71 Å². The second-order valence-electron chi connectivity index (χ2n) is 4.23. The molecule has 1 heterocycles. The number of aromatic amines is 1. The van der Waals surface area contributed by atoms with Crippen LogP contribution < -0.4 is 8.91 Å². The maximum Gasteiger partial charge on any atom is 0.407 e. The molecule has 0 radical (unpaired) electrons. The smallest absolute Gasteiger partial charge is 0.367 e. The van der Waals surface area contributed by atoms with Gasteiger partial charge in [-0.3, -0.25) is 4.72 Å². The van der Waals surface area contributed by atoms with Gasteiger partial charge in [-0.2, -0.15) is 8.42 Å². The van der Waals surface area contributed by atoms with Gasteiger partial charge >= 0.3 is 10.3 Å². The number of para-hydroxylation sites is 1. The van der Waals surface area contributed by atoms with E-state index in [4.69, 9.17) is 4.18 Å². The molecule has 0 bridgehead atoms. The van der Waals surface area contributed by atoms with Crippen molar-refractivity contribution in [2.24, 2.45) is 0 Å². The van der Waals surface area contributed by atoms with Crippen LogP contribution in [0, 0.1) is 0 Å². The SMILES string of the molecule is O=S(=O)(Nc1ccccc1)Oc1ccc2[nH]ccc2c1. The standard InChI is InChI=1S/C14H12N2O3S/c17-20(18,16-12-4-2-1-3-5-12)19-13-6-7-14-11(10-13)8-9-15-14/h1-10,15-16H. The summed E-state index contributed by atoms with van der Waals surface area (Å²) in [6.45, 7) is 0. The van der Waals surface area contributed by atoms with Crippen molar-refractivity contribution in [3.05, 3.63) is 60.8 Å². The Hall–Kier alpha value is -2.47. The van der Waals surface area contributed by atoms with Gasteiger partial charge in [0.15, 0.2) is 0 Å². The van der Waals surface area contributed by atoms with E-state index in [0.29, 0.717) is 5.69 Å². The number of hydrogen-bond donors (Lipinski definition) is 2. The van der Waals surface area contributed by atoms with Crippen LogP contribution in [0.3, 0.4) is 0 Å². The zero-order valence-corrected chi connectivity index (χ0v) is 11.2. The van der Waals surface area contributed by atoms with Crippen LogP contribution in [0.5, 0.6) is 5.75 Å². The van der Waals surface area contributed by atoms with E-state index < -0.39 is 10.3 Å². The largest absolute Gasteiger partial charge is 0.407 e. The first-order valence-corrected chi connectivity index (χ1v) is 7.38. The molecule has 1 aromatic heterocycles. The van der Waals surface area contributed by atoms with Crippen molar-refractivity contribution >= 4 is 26.9 Å². The fourth-order valence-corrected chi connectivity index (χ4v) is 2.70. The van der Waals surface area contributed by atoms with Gasteiger partial charge in [0.1, 0.15) is 5.75 Å². The fraction of sp³-hybridized carbons (Fsp3) is 0. The third-order valence-electron chi connectivity index (χ3n) is 2.75. The van der Waals surface area contributed by atoms with Crippen LogP contribution in [-0.2, 0) is 10.3 Å². The molecule has 5 nitrogen and oxygen atoms in total. The molecule has 0 atom stereocenters. The van der Waals surface area contributed by atoms with Crippen LogP contribution in [0.15, 0.2) is 60.8 Å².